The van der Waals surface area contributed by atoms with Crippen LogP contribution in [-0.2, 0) is 12.8 Å². The number of carbonyl (C=O) groups is 2. The molecule has 0 bridgehead atoms. The molecule has 4 rings (SSSR count). The van der Waals surface area contributed by atoms with Gasteiger partial charge in [-0.1, -0.05) is 0 Å². The van der Waals surface area contributed by atoms with E-state index in [4.69, 9.17) is 9.15 Å². The first-order valence-electron chi connectivity index (χ1n) is 7.86. The Morgan fingerprint density at radius 2 is 2.09 bits per heavy atom. The number of ether oxygens (including phenoxy) is 1. The fraction of sp³-hybridized carbons (Fsp3) is 0.333. The average Bonchev–Trinajstić information content (AvgIpc) is 3.12. The van der Waals surface area contributed by atoms with Gasteiger partial charge in [0, 0.05) is 30.5 Å². The Bertz CT molecular complexity index is 819. The third-order valence-corrected chi connectivity index (χ3v) is 4.46. The molecule has 0 unspecified atom stereocenters. The number of carbonyl (C=O) groups excluding carboxylic acids is 2. The predicted molar refractivity (Wildman–Crippen MR) is 84.3 cm³/mol. The first-order chi connectivity index (χ1) is 11.1. The maximum Gasteiger partial charge on any atom is 0.291 e. The number of hydrogen-bond acceptors (Lipinski definition) is 4. The largest absolute Gasteiger partial charge is 0.493 e. The van der Waals surface area contributed by atoms with Crippen molar-refractivity contribution in [3.05, 3.63) is 46.4 Å². The number of ketones is 1. The number of hydrogen-bond donors (Lipinski definition) is 1. The summed E-state index contributed by atoms with van der Waals surface area (Å²) in [7, 11) is 0. The van der Waals surface area contributed by atoms with Crippen LogP contribution in [0.5, 0.6) is 5.75 Å². The molecule has 2 aliphatic rings. The van der Waals surface area contributed by atoms with Crippen molar-refractivity contribution in [2.45, 2.75) is 32.6 Å². The first kappa shape index (κ1) is 14.1. The minimum absolute atomic E-state index is 0.0706. The monoisotopic (exact) mass is 311 g/mol. The minimum Gasteiger partial charge on any atom is -0.493 e. The topological polar surface area (TPSA) is 68.5 Å². The molecule has 1 amide bonds. The van der Waals surface area contributed by atoms with Gasteiger partial charge in [-0.3, -0.25) is 9.59 Å². The number of Topliss-reactive ketones (excluding diaryl/α,β-unsaturated/α-hetero) is 1. The molecule has 2 aromatic rings. The highest BCUT2D eigenvalue weighted by Gasteiger charge is 2.28. The lowest BCUT2D eigenvalue weighted by molar-refractivity contribution is 0.0963. The SMILES string of the molecule is Cc1c(C(=O)Nc2ccc3c(c2)CCO3)oc2c1C(=O)CCC2. The highest BCUT2D eigenvalue weighted by Crippen LogP contribution is 2.31. The van der Waals surface area contributed by atoms with Crippen LogP contribution in [0.1, 0.15) is 50.6 Å². The molecule has 118 valence electrons. The van der Waals surface area contributed by atoms with Crippen molar-refractivity contribution >= 4 is 17.4 Å². The van der Waals surface area contributed by atoms with Crippen LogP contribution in [0, 0.1) is 6.92 Å². The van der Waals surface area contributed by atoms with Crippen LogP contribution in [0.15, 0.2) is 22.6 Å². The van der Waals surface area contributed by atoms with Crippen LogP contribution >= 0.6 is 0 Å². The second-order valence-electron chi connectivity index (χ2n) is 6.01. The van der Waals surface area contributed by atoms with Gasteiger partial charge < -0.3 is 14.5 Å². The Morgan fingerprint density at radius 1 is 1.22 bits per heavy atom. The van der Waals surface area contributed by atoms with E-state index in [9.17, 15) is 9.59 Å². The van der Waals surface area contributed by atoms with E-state index < -0.39 is 0 Å². The highest BCUT2D eigenvalue weighted by molar-refractivity contribution is 6.07. The van der Waals surface area contributed by atoms with Crippen LogP contribution in [-0.4, -0.2) is 18.3 Å². The lowest BCUT2D eigenvalue weighted by Gasteiger charge is -2.07. The summed E-state index contributed by atoms with van der Waals surface area (Å²) < 4.78 is 11.1. The third kappa shape index (κ3) is 2.32. The molecule has 0 fully saturated rings. The molecule has 0 spiro atoms. The molecular formula is C18H17NO4. The molecule has 23 heavy (non-hydrogen) atoms. The highest BCUT2D eigenvalue weighted by atomic mass is 16.5. The fourth-order valence-electron chi connectivity index (χ4n) is 3.32. The van der Waals surface area contributed by atoms with Crippen molar-refractivity contribution in [1.82, 2.24) is 0 Å². The fourth-order valence-corrected chi connectivity index (χ4v) is 3.32. The third-order valence-electron chi connectivity index (χ3n) is 4.46. The molecule has 0 radical (unpaired) electrons. The lowest BCUT2D eigenvalue weighted by atomic mass is 9.94. The van der Waals surface area contributed by atoms with E-state index in [1.54, 1.807) is 6.92 Å². The molecule has 1 aliphatic heterocycles. The van der Waals surface area contributed by atoms with Crippen LogP contribution in [0.2, 0.25) is 0 Å². The van der Waals surface area contributed by atoms with E-state index in [1.165, 1.54) is 0 Å². The van der Waals surface area contributed by atoms with Crippen molar-refractivity contribution in [3.63, 3.8) is 0 Å². The van der Waals surface area contributed by atoms with E-state index >= 15 is 0 Å². The van der Waals surface area contributed by atoms with Gasteiger partial charge in [0.25, 0.3) is 5.91 Å². The molecule has 5 heteroatoms. The number of fused-ring (bicyclic) bond motifs is 2. The van der Waals surface area contributed by atoms with Gasteiger partial charge in [-0.2, -0.15) is 0 Å². The molecule has 1 aromatic heterocycles. The molecule has 1 N–H and O–H groups in total. The number of amides is 1. The smallest absolute Gasteiger partial charge is 0.291 e. The predicted octanol–water partition coefficient (Wildman–Crippen LogP) is 3.29. The summed E-state index contributed by atoms with van der Waals surface area (Å²) in [6, 6.07) is 5.59. The van der Waals surface area contributed by atoms with Crippen LogP contribution in [0.3, 0.4) is 0 Å². The molecule has 1 aromatic carbocycles. The summed E-state index contributed by atoms with van der Waals surface area (Å²) in [5.74, 6) is 1.51. The zero-order chi connectivity index (χ0) is 16.0. The zero-order valence-electron chi connectivity index (χ0n) is 12.9. The van der Waals surface area contributed by atoms with Gasteiger partial charge in [0.15, 0.2) is 11.5 Å². The molecule has 0 atom stereocenters. The van der Waals surface area contributed by atoms with E-state index in [0.717, 1.165) is 24.2 Å². The van der Waals surface area contributed by atoms with Gasteiger partial charge in [0.05, 0.1) is 12.2 Å². The van der Waals surface area contributed by atoms with Crippen LogP contribution < -0.4 is 10.1 Å². The normalized spacial score (nSPS) is 15.8. The Morgan fingerprint density at radius 3 is 2.91 bits per heavy atom. The van der Waals surface area contributed by atoms with Gasteiger partial charge in [-0.25, -0.2) is 0 Å². The Hall–Kier alpha value is -2.56. The Kier molecular flexibility index (Phi) is 3.22. The maximum atomic E-state index is 12.5. The zero-order valence-corrected chi connectivity index (χ0v) is 12.9. The number of anilines is 1. The number of rotatable bonds is 2. The van der Waals surface area contributed by atoms with Crippen LogP contribution in [0.4, 0.5) is 5.69 Å². The second kappa shape index (κ2) is 5.26. The number of benzene rings is 1. The van der Waals surface area contributed by atoms with Crippen molar-refractivity contribution in [2.75, 3.05) is 11.9 Å². The van der Waals surface area contributed by atoms with Gasteiger partial charge in [-0.15, -0.1) is 0 Å². The van der Waals surface area contributed by atoms with Gasteiger partial charge in [-0.05, 0) is 37.1 Å². The molecular weight excluding hydrogens is 294 g/mol. The lowest BCUT2D eigenvalue weighted by Crippen LogP contribution is -2.13. The van der Waals surface area contributed by atoms with E-state index in [-0.39, 0.29) is 17.5 Å². The Labute approximate surface area is 133 Å². The number of furan rings is 1. The molecule has 0 saturated carbocycles. The van der Waals surface area contributed by atoms with Crippen molar-refractivity contribution in [2.24, 2.45) is 0 Å². The summed E-state index contributed by atoms with van der Waals surface area (Å²) in [5, 5.41) is 2.85. The molecule has 2 heterocycles. The number of nitrogens with one attached hydrogen (secondary N) is 1. The minimum atomic E-state index is -0.316. The summed E-state index contributed by atoms with van der Waals surface area (Å²) >= 11 is 0. The maximum absolute atomic E-state index is 12.5. The van der Waals surface area contributed by atoms with E-state index in [1.807, 2.05) is 18.2 Å². The first-order valence-corrected chi connectivity index (χ1v) is 7.86. The Balaban J connectivity index is 1.61. The molecule has 0 saturated heterocycles. The molecule has 5 nitrogen and oxygen atoms in total. The van der Waals surface area contributed by atoms with Crippen molar-refractivity contribution in [3.8, 4) is 5.75 Å². The number of aryl methyl sites for hydroxylation is 1. The summed E-state index contributed by atoms with van der Waals surface area (Å²) in [4.78, 5) is 24.5. The van der Waals surface area contributed by atoms with E-state index in [0.29, 0.717) is 42.0 Å². The quantitative estimate of drug-likeness (QED) is 0.924. The van der Waals surface area contributed by atoms with Crippen molar-refractivity contribution < 1.29 is 18.7 Å². The van der Waals surface area contributed by atoms with Gasteiger partial charge in [0.2, 0.25) is 0 Å². The molecule has 1 aliphatic carbocycles. The average molecular weight is 311 g/mol. The summed E-state index contributed by atoms with van der Waals surface area (Å²) in [5.41, 5.74) is 3.04. The van der Waals surface area contributed by atoms with Crippen molar-refractivity contribution in [1.29, 1.82) is 0 Å². The second-order valence-corrected chi connectivity index (χ2v) is 6.01. The summed E-state index contributed by atoms with van der Waals surface area (Å²) in [6.07, 6.45) is 2.87. The standard InChI is InChI=1S/C18H17NO4/c1-10-16-13(20)3-2-4-15(16)23-17(10)18(21)19-12-5-6-14-11(9-12)7-8-22-14/h5-6,9H,2-4,7-8H2,1H3,(H,19,21). The van der Waals surface area contributed by atoms with E-state index in [2.05, 4.69) is 5.32 Å². The van der Waals surface area contributed by atoms with Gasteiger partial charge >= 0.3 is 0 Å². The summed E-state index contributed by atoms with van der Waals surface area (Å²) in [6.45, 7) is 2.45. The van der Waals surface area contributed by atoms with Gasteiger partial charge in [0.1, 0.15) is 11.5 Å². The van der Waals surface area contributed by atoms with Crippen LogP contribution in [0.25, 0.3) is 0 Å².